The van der Waals surface area contributed by atoms with E-state index in [2.05, 4.69) is 112 Å². The second-order valence-electron chi connectivity index (χ2n) is 20.6. The molecule has 12 heteroatoms. The number of rotatable bonds is 51. The van der Waals surface area contributed by atoms with Gasteiger partial charge in [-0.15, -0.1) is 0 Å². The monoisotopic (exact) mass is 1130 g/mol. The molecular weight excluding hydrogens is 1020 g/mol. The normalized spacial score (nSPS) is 18.7. The fourth-order valence-corrected chi connectivity index (χ4v) is 8.59. The molecule has 0 aromatic carbocycles. The number of allylic oxidation sites excluding steroid dienone is 21. The molecule has 0 spiro atoms. The molecule has 1 heterocycles. The average molecular weight is 1130 g/mol. The Kier molecular flexibility index (Phi) is 50.5. The summed E-state index contributed by atoms with van der Waals surface area (Å²) in [6.45, 7) is 5.66. The summed E-state index contributed by atoms with van der Waals surface area (Å²) in [5.74, 6) is -3.41. The van der Waals surface area contributed by atoms with Crippen LogP contribution in [-0.4, -0.2) is 89.2 Å². The number of aliphatic hydroxyl groups excluding tert-OH is 2. The molecule has 1 aliphatic rings. The smallest absolute Gasteiger partial charge is 0.335 e. The number of carboxylic acids is 1. The van der Waals surface area contributed by atoms with E-state index in [1.165, 1.54) is 83.5 Å². The lowest BCUT2D eigenvalue weighted by molar-refractivity contribution is -0.301. The summed E-state index contributed by atoms with van der Waals surface area (Å²) in [5, 5.41) is 31.5. The van der Waals surface area contributed by atoms with Crippen LogP contribution in [0, 0.1) is 0 Å². The van der Waals surface area contributed by atoms with E-state index in [1.54, 1.807) is 6.08 Å². The maximum atomic E-state index is 13.1. The number of hydrogen-bond acceptors (Lipinski definition) is 11. The van der Waals surface area contributed by atoms with Gasteiger partial charge in [0.25, 0.3) is 0 Å². The van der Waals surface area contributed by atoms with Crippen molar-refractivity contribution < 1.29 is 58.2 Å². The van der Waals surface area contributed by atoms with Gasteiger partial charge < -0.3 is 39.0 Å². The molecule has 0 aliphatic carbocycles. The zero-order valence-electron chi connectivity index (χ0n) is 50.2. The van der Waals surface area contributed by atoms with Gasteiger partial charge in [-0.3, -0.25) is 14.4 Å². The highest BCUT2D eigenvalue weighted by molar-refractivity contribution is 5.74. The van der Waals surface area contributed by atoms with Gasteiger partial charge in [0.05, 0.1) is 13.0 Å². The van der Waals surface area contributed by atoms with E-state index in [0.29, 0.717) is 25.7 Å². The minimum atomic E-state index is -1.95. The van der Waals surface area contributed by atoms with Gasteiger partial charge in [0, 0.05) is 12.8 Å². The Morgan fingerprint density at radius 2 is 0.815 bits per heavy atom. The zero-order chi connectivity index (χ0) is 58.9. The topological polar surface area (TPSA) is 175 Å². The van der Waals surface area contributed by atoms with Crippen molar-refractivity contribution in [1.82, 2.24) is 0 Å². The summed E-state index contributed by atoms with van der Waals surface area (Å²) >= 11 is 0. The quantitative estimate of drug-likeness (QED) is 0.0228. The molecule has 1 saturated heterocycles. The maximum Gasteiger partial charge on any atom is 0.335 e. The van der Waals surface area contributed by atoms with Crippen molar-refractivity contribution in [2.75, 3.05) is 13.2 Å². The van der Waals surface area contributed by atoms with Gasteiger partial charge in [0.1, 0.15) is 18.8 Å². The number of aliphatic carboxylic acids is 1. The molecule has 0 radical (unpaired) electrons. The van der Waals surface area contributed by atoms with E-state index in [1.807, 2.05) is 36.5 Å². The molecule has 0 aromatic rings. The molecule has 0 saturated carbocycles. The summed E-state index contributed by atoms with van der Waals surface area (Å²) in [6.07, 6.45) is 66.0. The van der Waals surface area contributed by atoms with Crippen molar-refractivity contribution in [2.45, 2.75) is 263 Å². The van der Waals surface area contributed by atoms with Crippen LogP contribution in [0.5, 0.6) is 0 Å². The number of unbranched alkanes of at least 4 members (excludes halogenated alkanes) is 16. The molecule has 12 nitrogen and oxygen atoms in total. The van der Waals surface area contributed by atoms with Gasteiger partial charge in [-0.25, -0.2) is 4.79 Å². The summed E-state index contributed by atoms with van der Waals surface area (Å²) < 4.78 is 28.2. The van der Waals surface area contributed by atoms with E-state index >= 15 is 0 Å². The van der Waals surface area contributed by atoms with Crippen LogP contribution in [0.1, 0.15) is 226 Å². The van der Waals surface area contributed by atoms with Gasteiger partial charge >= 0.3 is 23.9 Å². The highest BCUT2D eigenvalue weighted by atomic mass is 16.7. The van der Waals surface area contributed by atoms with E-state index in [9.17, 15) is 34.5 Å². The third-order valence-corrected chi connectivity index (χ3v) is 13.3. The Hall–Kier alpha value is -5.14. The number of esters is 3. The van der Waals surface area contributed by atoms with E-state index in [-0.39, 0.29) is 25.9 Å². The molecule has 3 N–H and O–H groups in total. The minimum absolute atomic E-state index is 0.0814. The van der Waals surface area contributed by atoms with Crippen molar-refractivity contribution in [3.8, 4) is 0 Å². The Labute approximate surface area is 490 Å². The lowest BCUT2D eigenvalue weighted by atomic mass is 9.98. The van der Waals surface area contributed by atoms with Crippen molar-refractivity contribution >= 4 is 23.9 Å². The Morgan fingerprint density at radius 1 is 0.432 bits per heavy atom. The first-order valence-electron chi connectivity index (χ1n) is 31.2. The van der Waals surface area contributed by atoms with Gasteiger partial charge in [-0.2, -0.15) is 0 Å². The molecule has 1 fully saturated rings. The van der Waals surface area contributed by atoms with Crippen LogP contribution in [0.3, 0.4) is 0 Å². The third kappa shape index (κ3) is 45.1. The van der Waals surface area contributed by atoms with Gasteiger partial charge in [0.2, 0.25) is 0 Å². The van der Waals surface area contributed by atoms with Crippen molar-refractivity contribution in [3.63, 3.8) is 0 Å². The summed E-state index contributed by atoms with van der Waals surface area (Å²) in [6, 6.07) is 0. The average Bonchev–Trinajstić information content (AvgIpc) is 3.54. The number of ether oxygens (including phenoxy) is 5. The first-order chi connectivity index (χ1) is 39.6. The highest BCUT2D eigenvalue weighted by Crippen LogP contribution is 2.26. The summed E-state index contributed by atoms with van der Waals surface area (Å²) in [7, 11) is 0. The molecule has 0 bridgehead atoms. The first-order valence-corrected chi connectivity index (χ1v) is 31.2. The molecule has 0 amide bonds. The van der Waals surface area contributed by atoms with Crippen LogP contribution in [0.25, 0.3) is 0 Å². The zero-order valence-corrected chi connectivity index (χ0v) is 50.2. The number of carbonyl (C=O) groups is 4. The lowest BCUT2D eigenvalue weighted by Gasteiger charge is -2.40. The molecule has 0 aromatic heterocycles. The highest BCUT2D eigenvalue weighted by Gasteiger charge is 2.50. The predicted molar refractivity (Wildman–Crippen MR) is 330 cm³/mol. The van der Waals surface area contributed by atoms with Crippen LogP contribution in [-0.2, 0) is 42.9 Å². The molecule has 1 aliphatic heterocycles. The van der Waals surface area contributed by atoms with Gasteiger partial charge in [-0.05, 0) is 83.5 Å². The summed E-state index contributed by atoms with van der Waals surface area (Å²) in [5.41, 5.74) is 0. The van der Waals surface area contributed by atoms with Gasteiger partial charge in [-0.1, -0.05) is 257 Å². The lowest BCUT2D eigenvalue weighted by Crippen LogP contribution is -2.61. The molecule has 6 unspecified atom stereocenters. The molecule has 1 rings (SSSR count). The fraction of sp³-hybridized carbons (Fsp3) is 0.623. The third-order valence-electron chi connectivity index (χ3n) is 13.3. The number of aliphatic hydroxyl groups is 2. The standard InChI is InChI=1S/C69H108O12/c1-4-7-10-13-16-19-22-25-28-30-31-33-36-39-42-45-48-51-54-57-63(72)80-67-65(74)64(73)66(68(75)76)81-69(67)78-59-60(79-62(71)56-53-50-47-44-41-38-34-27-24-21-18-15-12-9-6-3)58-77-61(70)55-52-49-46-43-40-37-35-32-29-26-23-20-17-14-11-8-5-2/h7,9-10,12,16,18-19,21,25,27-28,31,33-34,39,41-42,44,48,50-51,53,60,64-67,69,73-74H,4-6,8,11,13-15,17,20,22-24,26,29-30,32,35-38,40,43,45-47,49,52,54-59H2,1-3H3,(H,75,76)/b10-7-,12-9-,19-16-,21-18-,28-25-,33-31-,34-27-,42-39-,44-41-,51-48-,53-50-. The van der Waals surface area contributed by atoms with Crippen LogP contribution in [0.2, 0.25) is 0 Å². The summed E-state index contributed by atoms with van der Waals surface area (Å²) in [4.78, 5) is 51.1. The van der Waals surface area contributed by atoms with Crippen LogP contribution >= 0.6 is 0 Å². The van der Waals surface area contributed by atoms with Crippen LogP contribution in [0.4, 0.5) is 0 Å². The first kappa shape index (κ1) is 73.9. The molecule has 81 heavy (non-hydrogen) atoms. The largest absolute Gasteiger partial charge is 0.479 e. The van der Waals surface area contributed by atoms with E-state index in [4.69, 9.17) is 23.7 Å². The number of carbonyl (C=O) groups excluding carboxylic acids is 3. The van der Waals surface area contributed by atoms with Crippen molar-refractivity contribution in [2.24, 2.45) is 0 Å². The number of hydrogen-bond donors (Lipinski definition) is 3. The Bertz CT molecular complexity index is 1920. The Balaban J connectivity index is 2.76. The second-order valence-corrected chi connectivity index (χ2v) is 20.6. The van der Waals surface area contributed by atoms with Crippen LogP contribution < -0.4 is 0 Å². The Morgan fingerprint density at radius 3 is 1.22 bits per heavy atom. The molecule has 456 valence electrons. The van der Waals surface area contributed by atoms with Crippen molar-refractivity contribution in [1.29, 1.82) is 0 Å². The SMILES string of the molecule is CC/C=C\C/C=C\C/C=C\C/C=C\C/C=C\C/C=C\CCC(=O)OC1C(OCC(COC(=O)CCCCCCCCCCCCCCCCCCC)OC(=O)C/C=C\C/C=C\C/C=C\C/C=C\C/C=C\CC)OC(C(=O)O)C(O)C1O. The minimum Gasteiger partial charge on any atom is -0.479 e. The maximum absolute atomic E-state index is 13.1. The van der Waals surface area contributed by atoms with E-state index < -0.39 is 67.3 Å². The fourth-order valence-electron chi connectivity index (χ4n) is 8.59. The van der Waals surface area contributed by atoms with Gasteiger partial charge in [0.15, 0.2) is 24.6 Å². The predicted octanol–water partition coefficient (Wildman–Crippen LogP) is 16.6. The molecular formula is C69H108O12. The molecule has 6 atom stereocenters. The van der Waals surface area contributed by atoms with Crippen LogP contribution in [0.15, 0.2) is 134 Å². The second kappa shape index (κ2) is 55.4. The van der Waals surface area contributed by atoms with E-state index in [0.717, 1.165) is 77.0 Å². The van der Waals surface area contributed by atoms with Crippen molar-refractivity contribution in [3.05, 3.63) is 134 Å². The number of carboxylic acid groups (broad SMARTS) is 1.